The highest BCUT2D eigenvalue weighted by molar-refractivity contribution is 7.14. The van der Waals surface area contributed by atoms with Crippen LogP contribution < -0.4 is 10.1 Å². The van der Waals surface area contributed by atoms with Gasteiger partial charge in [-0.15, -0.1) is 23.7 Å². The van der Waals surface area contributed by atoms with Gasteiger partial charge in [-0.05, 0) is 68.1 Å². The number of nitrogens with one attached hydrogen (secondary N) is 1. The number of hydrogen-bond donors (Lipinski definition) is 1. The Bertz CT molecular complexity index is 737. The lowest BCUT2D eigenvalue weighted by molar-refractivity contribution is 0.0695. The van der Waals surface area contributed by atoms with E-state index in [0.717, 1.165) is 60.8 Å². The van der Waals surface area contributed by atoms with Crippen LogP contribution >= 0.6 is 23.7 Å². The van der Waals surface area contributed by atoms with E-state index in [4.69, 9.17) is 4.74 Å². The number of piperidine rings is 1. The van der Waals surface area contributed by atoms with Crippen LogP contribution in [0.1, 0.15) is 34.3 Å². The molecule has 0 spiro atoms. The van der Waals surface area contributed by atoms with Gasteiger partial charge in [-0.25, -0.2) is 0 Å². The van der Waals surface area contributed by atoms with Crippen molar-refractivity contribution in [2.75, 3.05) is 33.3 Å². The lowest BCUT2D eigenvalue weighted by Crippen LogP contribution is -2.40. The molecule has 6 heteroatoms. The van der Waals surface area contributed by atoms with Gasteiger partial charge < -0.3 is 15.0 Å². The molecule has 0 atom stereocenters. The minimum Gasteiger partial charge on any atom is -0.497 e. The Morgan fingerprint density at radius 1 is 1.26 bits per heavy atom. The number of amides is 1. The third-order valence-electron chi connectivity index (χ3n) is 5.11. The Labute approximate surface area is 172 Å². The van der Waals surface area contributed by atoms with Gasteiger partial charge in [-0.2, -0.15) is 0 Å². The zero-order chi connectivity index (χ0) is 18.5. The van der Waals surface area contributed by atoms with Crippen LogP contribution in [0.3, 0.4) is 0 Å². The van der Waals surface area contributed by atoms with E-state index in [-0.39, 0.29) is 18.3 Å². The molecule has 2 heterocycles. The Morgan fingerprint density at radius 3 is 2.52 bits per heavy atom. The van der Waals surface area contributed by atoms with E-state index in [2.05, 4.69) is 25.2 Å². The first kappa shape index (κ1) is 21.7. The Hall–Kier alpha value is -1.56. The molecule has 1 amide bonds. The summed E-state index contributed by atoms with van der Waals surface area (Å²) >= 11 is 1.60. The number of rotatable bonds is 6. The second kappa shape index (κ2) is 10.1. The predicted octanol–water partition coefficient (Wildman–Crippen LogP) is 4.62. The highest BCUT2D eigenvalue weighted by Gasteiger charge is 2.25. The first-order valence-electron chi connectivity index (χ1n) is 9.37. The van der Waals surface area contributed by atoms with Crippen molar-refractivity contribution < 1.29 is 9.53 Å². The Balaban J connectivity index is 0.00000261. The number of thiophene rings is 1. The van der Waals surface area contributed by atoms with Gasteiger partial charge in [0, 0.05) is 18.0 Å². The molecule has 2 aromatic rings. The van der Waals surface area contributed by atoms with Gasteiger partial charge in [0.15, 0.2) is 0 Å². The Morgan fingerprint density at radius 2 is 1.93 bits per heavy atom. The van der Waals surface area contributed by atoms with Crippen molar-refractivity contribution in [3.63, 3.8) is 0 Å². The van der Waals surface area contributed by atoms with Crippen molar-refractivity contribution >= 4 is 29.7 Å². The standard InChI is InChI=1S/C21H28N2O2S.ClH/c1-4-22-14-16-9-11-23(12-10-16)21(24)20-13-19(15(2)26-20)17-5-7-18(25-3)8-6-17;/h5-8,13,16,22H,4,9-12,14H2,1-3H3;1H. The highest BCUT2D eigenvalue weighted by Crippen LogP contribution is 2.33. The summed E-state index contributed by atoms with van der Waals surface area (Å²) in [6, 6.07) is 10.1. The van der Waals surface area contributed by atoms with E-state index < -0.39 is 0 Å². The number of methoxy groups -OCH3 is 1. The zero-order valence-corrected chi connectivity index (χ0v) is 17.9. The quantitative estimate of drug-likeness (QED) is 0.758. The summed E-state index contributed by atoms with van der Waals surface area (Å²) in [4.78, 5) is 17.0. The molecule has 0 radical (unpaired) electrons. The van der Waals surface area contributed by atoms with E-state index in [1.54, 1.807) is 18.4 Å². The molecule has 0 aliphatic carbocycles. The van der Waals surface area contributed by atoms with E-state index in [0.29, 0.717) is 5.92 Å². The summed E-state index contributed by atoms with van der Waals surface area (Å²) in [5, 5.41) is 3.42. The van der Waals surface area contributed by atoms with Crippen LogP contribution in [-0.4, -0.2) is 44.1 Å². The van der Waals surface area contributed by atoms with Gasteiger partial charge in [0.05, 0.1) is 12.0 Å². The summed E-state index contributed by atoms with van der Waals surface area (Å²) < 4.78 is 5.23. The molecule has 1 aromatic carbocycles. The molecule has 1 aromatic heterocycles. The molecule has 0 unspecified atom stereocenters. The number of aryl methyl sites for hydroxylation is 1. The normalized spacial score (nSPS) is 14.7. The van der Waals surface area contributed by atoms with Crippen molar-refractivity contribution in [3.05, 3.63) is 40.1 Å². The van der Waals surface area contributed by atoms with Crippen LogP contribution in [-0.2, 0) is 0 Å². The summed E-state index contributed by atoms with van der Waals surface area (Å²) in [6.45, 7) is 8.04. The van der Waals surface area contributed by atoms with Crippen LogP contribution in [0.25, 0.3) is 11.1 Å². The maximum absolute atomic E-state index is 12.9. The third-order valence-corrected chi connectivity index (χ3v) is 6.15. The molecule has 1 fully saturated rings. The summed E-state index contributed by atoms with van der Waals surface area (Å²) in [6.07, 6.45) is 2.18. The maximum Gasteiger partial charge on any atom is 0.263 e. The maximum atomic E-state index is 12.9. The first-order valence-corrected chi connectivity index (χ1v) is 10.2. The Kier molecular flexibility index (Phi) is 8.14. The van der Waals surface area contributed by atoms with Gasteiger partial charge in [-0.1, -0.05) is 19.1 Å². The molecule has 4 nitrogen and oxygen atoms in total. The van der Waals surface area contributed by atoms with Crippen molar-refractivity contribution in [2.24, 2.45) is 5.92 Å². The summed E-state index contributed by atoms with van der Waals surface area (Å²) in [5.41, 5.74) is 2.27. The lowest BCUT2D eigenvalue weighted by Gasteiger charge is -2.31. The highest BCUT2D eigenvalue weighted by atomic mass is 35.5. The van der Waals surface area contributed by atoms with Crippen molar-refractivity contribution in [1.82, 2.24) is 10.2 Å². The fraction of sp³-hybridized carbons (Fsp3) is 0.476. The fourth-order valence-corrected chi connectivity index (χ4v) is 4.50. The van der Waals surface area contributed by atoms with Crippen molar-refractivity contribution in [3.8, 4) is 16.9 Å². The van der Waals surface area contributed by atoms with Gasteiger partial charge in [0.2, 0.25) is 0 Å². The van der Waals surface area contributed by atoms with Crippen molar-refractivity contribution in [1.29, 1.82) is 0 Å². The van der Waals surface area contributed by atoms with Crippen LogP contribution in [0.5, 0.6) is 5.75 Å². The molecule has 3 rings (SSSR count). The number of nitrogens with zero attached hydrogens (tertiary/aromatic N) is 1. The monoisotopic (exact) mass is 408 g/mol. The number of likely N-dealkylation sites (tertiary alicyclic amines) is 1. The molecule has 148 valence electrons. The van der Waals surface area contributed by atoms with Crippen LogP contribution in [0.15, 0.2) is 30.3 Å². The van der Waals surface area contributed by atoms with Crippen LogP contribution in [0, 0.1) is 12.8 Å². The third kappa shape index (κ3) is 5.24. The second-order valence-corrected chi connectivity index (χ2v) is 8.11. The van der Waals surface area contributed by atoms with Gasteiger partial charge in [0.25, 0.3) is 5.91 Å². The number of halogens is 1. The largest absolute Gasteiger partial charge is 0.497 e. The molecule has 1 aliphatic heterocycles. The van der Waals surface area contributed by atoms with E-state index in [1.165, 1.54) is 4.88 Å². The fourth-order valence-electron chi connectivity index (χ4n) is 3.49. The first-order chi connectivity index (χ1) is 12.6. The number of carbonyl (C=O) groups excluding carboxylic acids is 1. The van der Waals surface area contributed by atoms with Gasteiger partial charge in [-0.3, -0.25) is 4.79 Å². The van der Waals surface area contributed by atoms with Crippen LogP contribution in [0.2, 0.25) is 0 Å². The molecule has 0 bridgehead atoms. The molecule has 1 aliphatic rings. The zero-order valence-electron chi connectivity index (χ0n) is 16.3. The SMILES string of the molecule is CCNCC1CCN(C(=O)c2cc(-c3ccc(OC)cc3)c(C)s2)CC1.Cl. The molecular formula is C21H29ClN2O2S. The number of ether oxygens (including phenoxy) is 1. The predicted molar refractivity (Wildman–Crippen MR) is 115 cm³/mol. The average molecular weight is 409 g/mol. The molecule has 27 heavy (non-hydrogen) atoms. The molecule has 1 N–H and O–H groups in total. The van der Waals surface area contributed by atoms with E-state index in [9.17, 15) is 4.79 Å². The average Bonchev–Trinajstić information content (AvgIpc) is 3.08. The smallest absolute Gasteiger partial charge is 0.263 e. The van der Waals surface area contributed by atoms with Gasteiger partial charge >= 0.3 is 0 Å². The van der Waals surface area contributed by atoms with Crippen molar-refractivity contribution in [2.45, 2.75) is 26.7 Å². The van der Waals surface area contributed by atoms with Crippen LogP contribution in [0.4, 0.5) is 0 Å². The number of hydrogen-bond acceptors (Lipinski definition) is 4. The minimum atomic E-state index is 0. The summed E-state index contributed by atoms with van der Waals surface area (Å²) in [5.74, 6) is 1.72. The van der Waals surface area contributed by atoms with E-state index in [1.807, 2.05) is 29.2 Å². The number of benzene rings is 1. The topological polar surface area (TPSA) is 41.6 Å². The second-order valence-electron chi connectivity index (χ2n) is 6.85. The van der Waals surface area contributed by atoms with Gasteiger partial charge in [0.1, 0.15) is 5.75 Å². The lowest BCUT2D eigenvalue weighted by atomic mass is 9.96. The minimum absolute atomic E-state index is 0. The molecular weight excluding hydrogens is 380 g/mol. The van der Waals surface area contributed by atoms with E-state index >= 15 is 0 Å². The summed E-state index contributed by atoms with van der Waals surface area (Å²) in [7, 11) is 1.67. The molecule has 0 saturated carbocycles. The number of carbonyl (C=O) groups is 1. The molecule has 1 saturated heterocycles.